The van der Waals surface area contributed by atoms with Crippen LogP contribution in [0.15, 0.2) is 39.6 Å². The van der Waals surface area contributed by atoms with Crippen LogP contribution in [0.4, 0.5) is 11.4 Å². The maximum absolute atomic E-state index is 12.5. The van der Waals surface area contributed by atoms with Gasteiger partial charge < -0.3 is 5.32 Å². The molecule has 0 unspecified atom stereocenters. The first-order chi connectivity index (χ1) is 12.9. The number of aromatic nitrogens is 2. The second-order valence-corrected chi connectivity index (χ2v) is 7.53. The summed E-state index contributed by atoms with van der Waals surface area (Å²) < 4.78 is 2.15. The first kappa shape index (κ1) is 19.1. The predicted octanol–water partition coefficient (Wildman–Crippen LogP) is 3.43. The molecule has 3 rings (SSSR count). The minimum absolute atomic E-state index is 0.0277. The third-order valence-corrected chi connectivity index (χ3v) is 5.74. The number of aryl methyl sites for hydroxylation is 1. The molecular weight excluding hydrogens is 388 g/mol. The number of nitrogens with one attached hydrogen (secondary N) is 1. The van der Waals surface area contributed by atoms with Crippen LogP contribution >= 0.6 is 23.1 Å². The monoisotopic (exact) mass is 404 g/mol. The minimum atomic E-state index is -0.481. The van der Waals surface area contributed by atoms with Crippen molar-refractivity contribution in [3.05, 3.63) is 55.7 Å². The molecule has 2 aromatic heterocycles. The molecule has 0 aliphatic heterocycles. The Hall–Kier alpha value is -2.72. The van der Waals surface area contributed by atoms with Gasteiger partial charge in [-0.15, -0.1) is 11.3 Å². The molecular formula is C17H16N4O4S2. The number of rotatable bonds is 6. The molecule has 0 saturated heterocycles. The highest BCUT2D eigenvalue weighted by Crippen LogP contribution is 2.23. The van der Waals surface area contributed by atoms with Gasteiger partial charge in [0, 0.05) is 24.4 Å². The zero-order valence-corrected chi connectivity index (χ0v) is 16.2. The summed E-state index contributed by atoms with van der Waals surface area (Å²) in [4.78, 5) is 39.5. The van der Waals surface area contributed by atoms with Gasteiger partial charge in [0.15, 0.2) is 5.16 Å². The number of thioether (sulfide) groups is 1. The van der Waals surface area contributed by atoms with E-state index in [-0.39, 0.29) is 22.9 Å². The number of nitrogens with zero attached hydrogens (tertiary/aromatic N) is 3. The highest BCUT2D eigenvalue weighted by atomic mass is 32.2. The average molecular weight is 404 g/mol. The number of amides is 1. The van der Waals surface area contributed by atoms with Crippen LogP contribution in [0.5, 0.6) is 0 Å². The molecule has 2 heterocycles. The topological polar surface area (TPSA) is 107 Å². The van der Waals surface area contributed by atoms with Gasteiger partial charge in [-0.1, -0.05) is 11.8 Å². The van der Waals surface area contributed by atoms with E-state index < -0.39 is 4.92 Å². The molecule has 1 amide bonds. The fourth-order valence-electron chi connectivity index (χ4n) is 2.53. The molecule has 0 bridgehead atoms. The third-order valence-electron chi connectivity index (χ3n) is 3.87. The molecule has 0 fully saturated rings. The lowest BCUT2D eigenvalue weighted by molar-refractivity contribution is -0.384. The van der Waals surface area contributed by atoms with Gasteiger partial charge in [0.1, 0.15) is 4.70 Å². The Morgan fingerprint density at radius 2 is 2.19 bits per heavy atom. The number of thiophene rings is 1. The molecule has 10 heteroatoms. The van der Waals surface area contributed by atoms with E-state index in [1.165, 1.54) is 41.3 Å². The fourth-order valence-corrected chi connectivity index (χ4v) is 4.17. The van der Waals surface area contributed by atoms with Crippen molar-refractivity contribution >= 4 is 50.6 Å². The van der Waals surface area contributed by atoms with Crippen LogP contribution in [-0.2, 0) is 11.3 Å². The summed E-state index contributed by atoms with van der Waals surface area (Å²) in [6, 6.07) is 6.04. The van der Waals surface area contributed by atoms with Gasteiger partial charge in [-0.05, 0) is 36.9 Å². The maximum Gasteiger partial charge on any atom is 0.272 e. The predicted molar refractivity (Wildman–Crippen MR) is 107 cm³/mol. The number of anilines is 1. The van der Waals surface area contributed by atoms with Gasteiger partial charge in [-0.2, -0.15) is 0 Å². The zero-order valence-electron chi connectivity index (χ0n) is 14.6. The van der Waals surface area contributed by atoms with Gasteiger partial charge >= 0.3 is 0 Å². The number of hydrogen-bond acceptors (Lipinski definition) is 7. The van der Waals surface area contributed by atoms with Crippen LogP contribution in [0, 0.1) is 17.0 Å². The zero-order chi connectivity index (χ0) is 19.6. The minimum Gasteiger partial charge on any atom is -0.325 e. The van der Waals surface area contributed by atoms with Crippen LogP contribution in [-0.4, -0.2) is 26.1 Å². The van der Waals surface area contributed by atoms with E-state index in [2.05, 4.69) is 10.3 Å². The van der Waals surface area contributed by atoms with Crippen molar-refractivity contribution in [2.24, 2.45) is 0 Å². The standard InChI is InChI=1S/C17H16N4O4S2/c1-3-20-16(23)15-13(6-7-26-15)19-17(20)27-9-14(22)18-12-5-4-11(21(24)25)8-10(12)2/h4-8H,3,9H2,1-2H3,(H,18,22). The molecule has 1 N–H and O–H groups in total. The maximum atomic E-state index is 12.5. The van der Waals surface area contributed by atoms with Crippen LogP contribution < -0.4 is 10.9 Å². The molecule has 140 valence electrons. The highest BCUT2D eigenvalue weighted by Gasteiger charge is 2.14. The van der Waals surface area contributed by atoms with Crippen molar-refractivity contribution in [2.75, 3.05) is 11.1 Å². The smallest absolute Gasteiger partial charge is 0.272 e. The van der Waals surface area contributed by atoms with Crippen LogP contribution in [0.1, 0.15) is 12.5 Å². The van der Waals surface area contributed by atoms with E-state index in [1.807, 2.05) is 12.3 Å². The lowest BCUT2D eigenvalue weighted by atomic mass is 10.2. The number of carbonyl (C=O) groups is 1. The van der Waals surface area contributed by atoms with Crippen LogP contribution in [0.25, 0.3) is 10.2 Å². The molecule has 0 spiro atoms. The lowest BCUT2D eigenvalue weighted by Gasteiger charge is -2.11. The van der Waals surface area contributed by atoms with E-state index in [9.17, 15) is 19.7 Å². The number of hydrogen-bond donors (Lipinski definition) is 1. The Morgan fingerprint density at radius 3 is 2.85 bits per heavy atom. The van der Waals surface area contributed by atoms with Gasteiger partial charge in [0.25, 0.3) is 11.2 Å². The van der Waals surface area contributed by atoms with E-state index in [4.69, 9.17) is 0 Å². The molecule has 3 aromatic rings. The van der Waals surface area contributed by atoms with Crippen molar-refractivity contribution in [2.45, 2.75) is 25.5 Å². The molecule has 1 aromatic carbocycles. The van der Waals surface area contributed by atoms with E-state index >= 15 is 0 Å². The number of carbonyl (C=O) groups excluding carboxylic acids is 1. The number of fused-ring (bicyclic) bond motifs is 1. The molecule has 0 aliphatic carbocycles. The summed E-state index contributed by atoms with van der Waals surface area (Å²) in [7, 11) is 0. The highest BCUT2D eigenvalue weighted by molar-refractivity contribution is 7.99. The van der Waals surface area contributed by atoms with Gasteiger partial charge in [-0.25, -0.2) is 4.98 Å². The van der Waals surface area contributed by atoms with Crippen molar-refractivity contribution < 1.29 is 9.72 Å². The summed E-state index contributed by atoms with van der Waals surface area (Å²) in [6.45, 7) is 4.01. The van der Waals surface area contributed by atoms with Gasteiger partial charge in [0.2, 0.25) is 5.91 Å². The number of benzene rings is 1. The summed E-state index contributed by atoms with van der Waals surface area (Å²) in [5, 5.41) is 15.8. The number of nitro groups is 1. The second-order valence-electron chi connectivity index (χ2n) is 5.67. The van der Waals surface area contributed by atoms with Crippen molar-refractivity contribution in [1.82, 2.24) is 9.55 Å². The Kier molecular flexibility index (Phi) is 5.57. The van der Waals surface area contributed by atoms with E-state index in [0.29, 0.717) is 33.2 Å². The third kappa shape index (κ3) is 4.01. The summed E-state index contributed by atoms with van der Waals surface area (Å²) in [6.07, 6.45) is 0. The Bertz CT molecular complexity index is 1090. The second kappa shape index (κ2) is 7.89. The SMILES string of the molecule is CCn1c(SCC(=O)Nc2ccc([N+](=O)[O-])cc2C)nc2ccsc2c1=O. The van der Waals surface area contributed by atoms with Crippen molar-refractivity contribution in [3.8, 4) is 0 Å². The first-order valence-electron chi connectivity index (χ1n) is 8.06. The molecule has 8 nitrogen and oxygen atoms in total. The Balaban J connectivity index is 1.74. The Labute approximate surface area is 162 Å². The molecule has 0 radical (unpaired) electrons. The number of non-ortho nitro benzene ring substituents is 1. The van der Waals surface area contributed by atoms with Gasteiger partial charge in [0.05, 0.1) is 16.2 Å². The molecule has 0 atom stereocenters. The van der Waals surface area contributed by atoms with E-state index in [0.717, 1.165) is 0 Å². The Morgan fingerprint density at radius 1 is 1.41 bits per heavy atom. The van der Waals surface area contributed by atoms with E-state index in [1.54, 1.807) is 17.6 Å². The van der Waals surface area contributed by atoms with Crippen LogP contribution in [0.2, 0.25) is 0 Å². The lowest BCUT2D eigenvalue weighted by Crippen LogP contribution is -2.22. The first-order valence-corrected chi connectivity index (χ1v) is 9.93. The molecule has 27 heavy (non-hydrogen) atoms. The molecule has 0 aliphatic rings. The summed E-state index contributed by atoms with van der Waals surface area (Å²) >= 11 is 2.53. The number of nitro benzene ring substituents is 1. The van der Waals surface area contributed by atoms with Gasteiger partial charge in [-0.3, -0.25) is 24.3 Å². The fraction of sp³-hybridized carbons (Fsp3) is 0.235. The largest absolute Gasteiger partial charge is 0.325 e. The summed E-state index contributed by atoms with van der Waals surface area (Å²) in [5.41, 5.74) is 1.61. The normalized spacial score (nSPS) is 10.9. The van der Waals surface area contributed by atoms with Crippen molar-refractivity contribution in [3.63, 3.8) is 0 Å². The summed E-state index contributed by atoms with van der Waals surface area (Å²) in [5.74, 6) is -0.210. The van der Waals surface area contributed by atoms with Crippen molar-refractivity contribution in [1.29, 1.82) is 0 Å². The van der Waals surface area contributed by atoms with Crippen LogP contribution in [0.3, 0.4) is 0 Å². The molecule has 0 saturated carbocycles. The quantitative estimate of drug-likeness (QED) is 0.292. The average Bonchev–Trinajstić information content (AvgIpc) is 3.10.